The third kappa shape index (κ3) is 5.25. The van der Waals surface area contributed by atoms with Crippen LogP contribution in [-0.4, -0.2) is 31.6 Å². The van der Waals surface area contributed by atoms with Gasteiger partial charge in [-0.2, -0.15) is 14.7 Å². The smallest absolute Gasteiger partial charge is 0.430 e. The third-order valence-corrected chi connectivity index (χ3v) is 1.88. The van der Waals surface area contributed by atoms with E-state index in [9.17, 15) is 9.59 Å². The van der Waals surface area contributed by atoms with Crippen molar-refractivity contribution in [2.75, 3.05) is 13.2 Å². The van der Waals surface area contributed by atoms with Crippen LogP contribution in [0.1, 0.15) is 0 Å². The maximum Gasteiger partial charge on any atom is 0.508 e. The van der Waals surface area contributed by atoms with Gasteiger partial charge in [0, 0.05) is 21.2 Å². The fourth-order valence-electron chi connectivity index (χ4n) is 0.677. The van der Waals surface area contributed by atoms with Crippen molar-refractivity contribution in [2.24, 2.45) is 0 Å². The number of halogens is 1. The minimum absolute atomic E-state index is 0.0733. The Kier molecular flexibility index (Phi) is 5.82. The summed E-state index contributed by atoms with van der Waals surface area (Å²) in [5.74, 6) is 0. The Morgan fingerprint density at radius 1 is 1.73 bits per heavy atom. The van der Waals surface area contributed by atoms with Crippen molar-refractivity contribution in [2.45, 2.75) is 6.10 Å². The second kappa shape index (κ2) is 6.92. The van der Waals surface area contributed by atoms with E-state index in [2.05, 4.69) is 23.5 Å². The topological polar surface area (TPSA) is 92.3 Å². The van der Waals surface area contributed by atoms with E-state index in [4.69, 9.17) is 0 Å². The normalized spacial score (nSPS) is 19.3. The summed E-state index contributed by atoms with van der Waals surface area (Å²) in [6, 6.07) is 0. The molecule has 15 heavy (non-hydrogen) atoms. The summed E-state index contributed by atoms with van der Waals surface area (Å²) in [6.07, 6.45) is -2.24. The Balaban J connectivity index is 2.01. The van der Waals surface area contributed by atoms with E-state index in [1.165, 1.54) is 0 Å². The van der Waals surface area contributed by atoms with E-state index in [0.29, 0.717) is 0 Å². The van der Waals surface area contributed by atoms with Crippen molar-refractivity contribution in [1.29, 1.82) is 0 Å². The summed E-state index contributed by atoms with van der Waals surface area (Å²) in [4.78, 5) is 29.8. The van der Waals surface area contributed by atoms with Crippen LogP contribution in [0.3, 0.4) is 0 Å². The summed E-state index contributed by atoms with van der Waals surface area (Å²) in [5, 5.41) is 0. The van der Waals surface area contributed by atoms with E-state index in [1.54, 1.807) is 21.2 Å². The highest BCUT2D eigenvalue weighted by Gasteiger charge is 2.25. The lowest BCUT2D eigenvalue weighted by molar-refractivity contribution is -0.253. The quantitative estimate of drug-likeness (QED) is 0.259. The molecule has 0 saturated carbocycles. The number of amides is 1. The van der Waals surface area contributed by atoms with Gasteiger partial charge in [-0.15, -0.1) is 0 Å². The summed E-state index contributed by atoms with van der Waals surface area (Å²) < 4.78 is 13.5. The van der Waals surface area contributed by atoms with Crippen molar-refractivity contribution in [3.8, 4) is 0 Å². The van der Waals surface area contributed by atoms with Crippen molar-refractivity contribution >= 4 is 42.7 Å². The number of hydroxylamine groups is 1. The molecular weight excluding hydrogens is 345 g/mol. The molecule has 1 N–H and O–H groups in total. The number of cyclic esters (lactones) is 2. The molecule has 0 aromatic rings. The highest BCUT2D eigenvalue weighted by Crippen LogP contribution is 2.09. The molecule has 10 heteroatoms. The standard InChI is InChI=1S/C5H6INO7S/c6-15-14-7-4(8)13-11-2-3-1-10-5(9)12-3/h3H,1-2H2,(H,7,8). The number of carbonyl (C=O) groups excluding carboxylic acids is 2. The second-order valence-corrected chi connectivity index (χ2v) is 3.58. The largest absolute Gasteiger partial charge is 0.508 e. The van der Waals surface area contributed by atoms with Crippen LogP contribution in [0.25, 0.3) is 0 Å². The van der Waals surface area contributed by atoms with Gasteiger partial charge in [0.1, 0.15) is 13.2 Å². The second-order valence-electron chi connectivity index (χ2n) is 2.20. The van der Waals surface area contributed by atoms with Gasteiger partial charge < -0.3 is 9.47 Å². The molecule has 0 radical (unpaired) electrons. The maximum absolute atomic E-state index is 10.7. The zero-order valence-corrected chi connectivity index (χ0v) is 10.1. The first-order valence-electron chi connectivity index (χ1n) is 3.59. The van der Waals surface area contributed by atoms with E-state index < -0.39 is 18.4 Å². The predicted molar refractivity (Wildman–Crippen MR) is 54.5 cm³/mol. The Morgan fingerprint density at radius 2 is 2.53 bits per heavy atom. The van der Waals surface area contributed by atoms with Gasteiger partial charge in [-0.1, -0.05) is 0 Å². The molecule has 1 heterocycles. The number of hydrogen-bond acceptors (Lipinski definition) is 8. The van der Waals surface area contributed by atoms with Gasteiger partial charge in [0.15, 0.2) is 6.10 Å². The SMILES string of the molecule is O=C(NOSI)OOCC1COC(=O)O1. The van der Waals surface area contributed by atoms with Crippen LogP contribution in [-0.2, 0) is 23.5 Å². The zero-order valence-electron chi connectivity index (χ0n) is 7.14. The van der Waals surface area contributed by atoms with Crippen molar-refractivity contribution in [3.05, 3.63) is 0 Å². The minimum Gasteiger partial charge on any atom is -0.430 e. The summed E-state index contributed by atoms with van der Waals surface area (Å²) in [5.41, 5.74) is 1.90. The first kappa shape index (κ1) is 12.6. The highest BCUT2D eigenvalue weighted by molar-refractivity contribution is 14.2. The van der Waals surface area contributed by atoms with Gasteiger partial charge in [0.05, 0.1) is 9.21 Å². The van der Waals surface area contributed by atoms with E-state index in [-0.39, 0.29) is 13.2 Å². The fraction of sp³-hybridized carbons (Fsp3) is 0.600. The van der Waals surface area contributed by atoms with Gasteiger partial charge in [-0.25, -0.2) is 9.59 Å². The molecule has 0 aliphatic carbocycles. The molecule has 1 aliphatic heterocycles. The monoisotopic (exact) mass is 351 g/mol. The molecule has 8 nitrogen and oxygen atoms in total. The summed E-state index contributed by atoms with van der Waals surface area (Å²) in [7, 11) is 0.902. The highest BCUT2D eigenvalue weighted by atomic mass is 127. The summed E-state index contributed by atoms with van der Waals surface area (Å²) >= 11 is 1.80. The van der Waals surface area contributed by atoms with Crippen LogP contribution in [0.15, 0.2) is 0 Å². The molecule has 0 bridgehead atoms. The van der Waals surface area contributed by atoms with E-state index >= 15 is 0 Å². The molecule has 1 rings (SSSR count). The van der Waals surface area contributed by atoms with Crippen LogP contribution in [0.2, 0.25) is 0 Å². The Hall–Kier alpha value is -0.460. The van der Waals surface area contributed by atoms with Crippen molar-refractivity contribution in [3.63, 3.8) is 0 Å². The Labute approximate surface area is 101 Å². The van der Waals surface area contributed by atoms with Crippen LogP contribution >= 0.6 is 30.4 Å². The molecule has 1 fully saturated rings. The molecule has 86 valence electrons. The van der Waals surface area contributed by atoms with Gasteiger partial charge in [-0.05, 0) is 0 Å². The van der Waals surface area contributed by atoms with Crippen LogP contribution in [0.4, 0.5) is 9.59 Å². The maximum atomic E-state index is 10.7. The molecular formula is C5H6INO7S. The molecule has 1 unspecified atom stereocenters. The van der Waals surface area contributed by atoms with Crippen molar-refractivity contribution < 1.29 is 33.1 Å². The molecule has 1 saturated heterocycles. The molecule has 0 spiro atoms. The van der Waals surface area contributed by atoms with Gasteiger partial charge in [0.2, 0.25) is 0 Å². The van der Waals surface area contributed by atoms with E-state index in [1.807, 2.05) is 5.48 Å². The summed E-state index contributed by atoms with van der Waals surface area (Å²) in [6.45, 7) is -0.0273. The molecule has 1 aliphatic rings. The first-order valence-corrected chi connectivity index (χ1v) is 6.88. The Morgan fingerprint density at radius 3 is 3.13 bits per heavy atom. The molecule has 0 aromatic heterocycles. The van der Waals surface area contributed by atoms with Crippen LogP contribution < -0.4 is 5.48 Å². The average Bonchev–Trinajstić information content (AvgIpc) is 2.61. The number of nitrogens with one attached hydrogen (secondary N) is 1. The Bertz CT molecular complexity index is 239. The number of hydrogen-bond donors (Lipinski definition) is 1. The number of carbonyl (C=O) groups is 2. The van der Waals surface area contributed by atoms with Crippen LogP contribution in [0, 0.1) is 0 Å². The zero-order chi connectivity index (χ0) is 11.1. The van der Waals surface area contributed by atoms with E-state index in [0.717, 1.165) is 9.21 Å². The molecule has 1 atom stereocenters. The predicted octanol–water partition coefficient (Wildman–Crippen LogP) is 1.11. The average molecular weight is 351 g/mol. The van der Waals surface area contributed by atoms with Gasteiger partial charge in [-0.3, -0.25) is 4.89 Å². The first-order chi connectivity index (χ1) is 7.22. The fourth-order valence-corrected chi connectivity index (χ4v) is 1.05. The molecule has 0 aromatic carbocycles. The lowest BCUT2D eigenvalue weighted by Gasteiger charge is -2.06. The van der Waals surface area contributed by atoms with Gasteiger partial charge in [0.25, 0.3) is 0 Å². The van der Waals surface area contributed by atoms with Crippen molar-refractivity contribution in [1.82, 2.24) is 5.48 Å². The third-order valence-electron chi connectivity index (χ3n) is 1.20. The lowest BCUT2D eigenvalue weighted by Crippen LogP contribution is -2.25. The van der Waals surface area contributed by atoms with Crippen LogP contribution in [0.5, 0.6) is 0 Å². The number of rotatable bonds is 5. The minimum atomic E-state index is -0.913. The molecule has 1 amide bonds. The van der Waals surface area contributed by atoms with Gasteiger partial charge >= 0.3 is 12.2 Å². The lowest BCUT2D eigenvalue weighted by atomic mass is 10.4. The number of ether oxygens (including phenoxy) is 2.